The number of piperidine rings is 1. The number of halogens is 1. The number of nitrogens with zero attached hydrogens (tertiary/aromatic N) is 4. The van der Waals surface area contributed by atoms with E-state index in [4.69, 9.17) is 0 Å². The number of benzene rings is 1. The van der Waals surface area contributed by atoms with Crippen LogP contribution in [-0.2, 0) is 0 Å². The molecule has 1 unspecified atom stereocenters. The lowest BCUT2D eigenvalue weighted by Gasteiger charge is -2.38. The first-order valence-corrected chi connectivity index (χ1v) is 9.92. The van der Waals surface area contributed by atoms with E-state index < -0.39 is 0 Å². The van der Waals surface area contributed by atoms with Gasteiger partial charge in [-0.2, -0.15) is 0 Å². The summed E-state index contributed by atoms with van der Waals surface area (Å²) in [5, 5.41) is 13.7. The van der Waals surface area contributed by atoms with Crippen LogP contribution in [-0.4, -0.2) is 80.3 Å². The standard InChI is InChI=1S/C20H33N5O.HI/c1-3-23-10-6-7-17(16-23)15-22-20(21-2)25-13-11-24(12-14-25)18-8-4-5-9-19(18)26;/h4-5,8-9,17,26H,3,6-7,10-16H2,1-2H3,(H,21,22);1H. The maximum Gasteiger partial charge on any atom is 0.193 e. The highest BCUT2D eigenvalue weighted by molar-refractivity contribution is 14.0. The van der Waals surface area contributed by atoms with Gasteiger partial charge in [-0.3, -0.25) is 4.99 Å². The van der Waals surface area contributed by atoms with Crippen molar-refractivity contribution in [1.82, 2.24) is 15.1 Å². The topological polar surface area (TPSA) is 54.3 Å². The first-order chi connectivity index (χ1) is 12.7. The Labute approximate surface area is 180 Å². The van der Waals surface area contributed by atoms with Crippen LogP contribution >= 0.6 is 24.0 Å². The first kappa shape index (κ1) is 22.1. The van der Waals surface area contributed by atoms with Crippen molar-refractivity contribution in [1.29, 1.82) is 0 Å². The smallest absolute Gasteiger partial charge is 0.193 e. The monoisotopic (exact) mass is 487 g/mol. The van der Waals surface area contributed by atoms with Crippen LogP contribution in [0.25, 0.3) is 0 Å². The molecule has 152 valence electrons. The Hall–Kier alpha value is -1.22. The summed E-state index contributed by atoms with van der Waals surface area (Å²) in [6.07, 6.45) is 2.61. The van der Waals surface area contributed by atoms with E-state index in [-0.39, 0.29) is 24.0 Å². The highest BCUT2D eigenvalue weighted by Gasteiger charge is 2.23. The average molecular weight is 487 g/mol. The number of rotatable bonds is 4. The largest absolute Gasteiger partial charge is 0.506 e. The van der Waals surface area contributed by atoms with Gasteiger partial charge in [0.1, 0.15) is 5.75 Å². The zero-order valence-corrected chi connectivity index (χ0v) is 18.9. The van der Waals surface area contributed by atoms with Gasteiger partial charge in [0, 0.05) is 46.3 Å². The van der Waals surface area contributed by atoms with Gasteiger partial charge in [0.15, 0.2) is 5.96 Å². The number of phenolic OH excluding ortho intramolecular Hbond substituents is 1. The molecule has 6 nitrogen and oxygen atoms in total. The van der Waals surface area contributed by atoms with Crippen LogP contribution in [0, 0.1) is 5.92 Å². The van der Waals surface area contributed by atoms with Crippen LogP contribution in [0.5, 0.6) is 5.75 Å². The molecule has 1 atom stereocenters. The number of hydrogen-bond donors (Lipinski definition) is 2. The molecule has 0 bridgehead atoms. The Morgan fingerprint density at radius 2 is 1.93 bits per heavy atom. The molecule has 1 aromatic carbocycles. The number of para-hydroxylation sites is 2. The molecule has 0 radical (unpaired) electrons. The van der Waals surface area contributed by atoms with Gasteiger partial charge in [-0.15, -0.1) is 24.0 Å². The van der Waals surface area contributed by atoms with Crippen LogP contribution < -0.4 is 10.2 Å². The molecule has 0 aliphatic carbocycles. The third-order valence-electron chi connectivity index (χ3n) is 5.61. The molecule has 0 spiro atoms. The minimum absolute atomic E-state index is 0. The third-order valence-corrected chi connectivity index (χ3v) is 5.61. The van der Waals surface area contributed by atoms with Gasteiger partial charge < -0.3 is 25.1 Å². The first-order valence-electron chi connectivity index (χ1n) is 9.92. The molecule has 27 heavy (non-hydrogen) atoms. The molecule has 2 aliphatic rings. The van der Waals surface area contributed by atoms with E-state index in [0.29, 0.717) is 11.7 Å². The molecule has 2 N–H and O–H groups in total. The Morgan fingerprint density at radius 3 is 2.59 bits per heavy atom. The number of anilines is 1. The molecule has 3 rings (SSSR count). The van der Waals surface area contributed by atoms with Crippen molar-refractivity contribution in [2.45, 2.75) is 19.8 Å². The second kappa shape index (κ2) is 10.9. The van der Waals surface area contributed by atoms with E-state index >= 15 is 0 Å². The van der Waals surface area contributed by atoms with Crippen molar-refractivity contribution in [3.63, 3.8) is 0 Å². The fourth-order valence-corrected chi connectivity index (χ4v) is 4.06. The van der Waals surface area contributed by atoms with E-state index in [2.05, 4.69) is 31.9 Å². The van der Waals surface area contributed by atoms with Gasteiger partial charge in [-0.05, 0) is 44.0 Å². The highest BCUT2D eigenvalue weighted by atomic mass is 127. The summed E-state index contributed by atoms with van der Waals surface area (Å²) in [6, 6.07) is 7.59. The lowest BCUT2D eigenvalue weighted by molar-refractivity contribution is 0.182. The van der Waals surface area contributed by atoms with E-state index in [1.807, 2.05) is 25.2 Å². The van der Waals surface area contributed by atoms with Crippen molar-refractivity contribution >= 4 is 35.6 Å². The van der Waals surface area contributed by atoms with Gasteiger partial charge in [-0.25, -0.2) is 0 Å². The van der Waals surface area contributed by atoms with Gasteiger partial charge in [0.05, 0.1) is 5.69 Å². The maximum absolute atomic E-state index is 10.1. The fourth-order valence-electron chi connectivity index (χ4n) is 4.06. The van der Waals surface area contributed by atoms with Crippen LogP contribution in [0.2, 0.25) is 0 Å². The number of aliphatic imine (C=N–C) groups is 1. The third kappa shape index (κ3) is 5.88. The number of nitrogens with one attached hydrogen (secondary N) is 1. The quantitative estimate of drug-likeness (QED) is 0.388. The highest BCUT2D eigenvalue weighted by Crippen LogP contribution is 2.27. The van der Waals surface area contributed by atoms with E-state index in [0.717, 1.165) is 50.9 Å². The Bertz CT molecular complexity index is 604. The molecule has 7 heteroatoms. The zero-order chi connectivity index (χ0) is 18.4. The van der Waals surface area contributed by atoms with Gasteiger partial charge >= 0.3 is 0 Å². The lowest BCUT2D eigenvalue weighted by atomic mass is 9.98. The fraction of sp³-hybridized carbons (Fsp3) is 0.650. The number of phenols is 1. The van der Waals surface area contributed by atoms with Crippen molar-refractivity contribution in [3.8, 4) is 5.75 Å². The van der Waals surface area contributed by atoms with Gasteiger partial charge in [0.25, 0.3) is 0 Å². The number of aromatic hydroxyl groups is 1. The molecule has 0 amide bonds. The summed E-state index contributed by atoms with van der Waals surface area (Å²) in [5.74, 6) is 2.08. The average Bonchev–Trinajstić information content (AvgIpc) is 2.69. The Morgan fingerprint density at radius 1 is 1.19 bits per heavy atom. The van der Waals surface area contributed by atoms with Crippen molar-refractivity contribution in [2.75, 3.05) is 64.3 Å². The number of likely N-dealkylation sites (tertiary alicyclic amines) is 1. The molecule has 2 saturated heterocycles. The maximum atomic E-state index is 10.1. The van der Waals surface area contributed by atoms with Crippen LogP contribution in [0.3, 0.4) is 0 Å². The summed E-state index contributed by atoms with van der Waals surface area (Å²) in [5.41, 5.74) is 0.928. The van der Waals surface area contributed by atoms with Crippen LogP contribution in [0.1, 0.15) is 19.8 Å². The molecule has 2 heterocycles. The molecule has 1 aromatic rings. The zero-order valence-electron chi connectivity index (χ0n) is 16.6. The number of guanidine groups is 1. The van der Waals surface area contributed by atoms with Crippen LogP contribution in [0.15, 0.2) is 29.3 Å². The van der Waals surface area contributed by atoms with Crippen LogP contribution in [0.4, 0.5) is 5.69 Å². The second-order valence-corrected chi connectivity index (χ2v) is 7.29. The minimum Gasteiger partial charge on any atom is -0.506 e. The molecular formula is C20H34IN5O. The minimum atomic E-state index is 0. The molecule has 2 aliphatic heterocycles. The summed E-state index contributed by atoms with van der Waals surface area (Å²) in [6.45, 7) is 10.5. The molecular weight excluding hydrogens is 453 g/mol. The predicted molar refractivity (Wildman–Crippen MR) is 124 cm³/mol. The number of piperazine rings is 1. The van der Waals surface area contributed by atoms with E-state index in [1.165, 1.54) is 25.9 Å². The summed E-state index contributed by atoms with van der Waals surface area (Å²) >= 11 is 0. The summed E-state index contributed by atoms with van der Waals surface area (Å²) in [4.78, 5) is 11.6. The van der Waals surface area contributed by atoms with Crippen molar-refractivity contribution in [3.05, 3.63) is 24.3 Å². The SMILES string of the molecule is CCN1CCCC(CNC(=NC)N2CCN(c3ccccc3O)CC2)C1.I. The lowest BCUT2D eigenvalue weighted by Crippen LogP contribution is -2.53. The predicted octanol–water partition coefficient (Wildman–Crippen LogP) is 2.44. The molecule has 0 saturated carbocycles. The van der Waals surface area contributed by atoms with Crippen molar-refractivity contribution < 1.29 is 5.11 Å². The van der Waals surface area contributed by atoms with Crippen molar-refractivity contribution in [2.24, 2.45) is 10.9 Å². The second-order valence-electron chi connectivity index (χ2n) is 7.29. The van der Waals surface area contributed by atoms with Gasteiger partial charge in [-0.1, -0.05) is 19.1 Å². The summed E-state index contributed by atoms with van der Waals surface area (Å²) < 4.78 is 0. The Kier molecular flexibility index (Phi) is 8.95. The van der Waals surface area contributed by atoms with E-state index in [1.54, 1.807) is 6.07 Å². The molecule has 0 aromatic heterocycles. The Balaban J connectivity index is 0.00000261. The molecule has 2 fully saturated rings. The normalized spacial score (nSPS) is 21.7. The van der Waals surface area contributed by atoms with Gasteiger partial charge in [0.2, 0.25) is 0 Å². The summed E-state index contributed by atoms with van der Waals surface area (Å²) in [7, 11) is 1.87. The van der Waals surface area contributed by atoms with E-state index in [9.17, 15) is 5.11 Å². The number of hydrogen-bond acceptors (Lipinski definition) is 4.